The molecule has 0 saturated heterocycles. The summed E-state index contributed by atoms with van der Waals surface area (Å²) >= 11 is 0. The van der Waals surface area contributed by atoms with Crippen LogP contribution in [-0.2, 0) is 0 Å². The van der Waals surface area contributed by atoms with E-state index in [9.17, 15) is 5.21 Å². The van der Waals surface area contributed by atoms with Crippen molar-refractivity contribution in [2.45, 2.75) is 0 Å². The van der Waals surface area contributed by atoms with Gasteiger partial charge in [0.15, 0.2) is 0 Å². The Bertz CT molecular complexity index is 401. The summed E-state index contributed by atoms with van der Waals surface area (Å²) < 4.78 is 0. The molecule has 64 valence electrons. The van der Waals surface area contributed by atoms with E-state index in [0.717, 1.165) is 5.56 Å². The molecule has 0 aliphatic heterocycles. The Hall–Kier alpha value is -1.90. The van der Waals surface area contributed by atoms with Crippen LogP contribution in [-0.4, -0.2) is 5.10 Å². The molecule has 0 aliphatic rings. The predicted molar refractivity (Wildman–Crippen MR) is 48.6 cm³/mol. The van der Waals surface area contributed by atoms with Crippen LogP contribution in [0.5, 0.6) is 0 Å². The molecule has 0 atom stereocenters. The van der Waals surface area contributed by atoms with Crippen molar-refractivity contribution in [3.63, 3.8) is 0 Å². The summed E-state index contributed by atoms with van der Waals surface area (Å²) in [4.78, 5) is 0.620. The molecule has 0 radical (unpaired) electrons. The van der Waals surface area contributed by atoms with Gasteiger partial charge >= 0.3 is 0 Å². The van der Waals surface area contributed by atoms with E-state index < -0.39 is 0 Å². The normalized spacial score (nSPS) is 9.85. The Morgan fingerprint density at radius 3 is 2.46 bits per heavy atom. The topological polar surface area (TPSA) is 39.8 Å². The summed E-state index contributed by atoms with van der Waals surface area (Å²) in [6, 6.07) is 12.9. The Labute approximate surface area is 75.9 Å². The molecule has 2 rings (SSSR count). The molecule has 0 fully saturated rings. The fourth-order valence-electron chi connectivity index (χ4n) is 1.17. The van der Waals surface area contributed by atoms with Gasteiger partial charge in [0, 0.05) is 11.2 Å². The molecule has 2 aromatic rings. The van der Waals surface area contributed by atoms with Crippen LogP contribution in [0.2, 0.25) is 0 Å². The van der Waals surface area contributed by atoms with Gasteiger partial charge in [0.05, 0.1) is 11.8 Å². The minimum atomic E-state index is 0.572. The molecule has 0 N–H and O–H groups in total. The van der Waals surface area contributed by atoms with Crippen LogP contribution in [0.4, 0.5) is 0 Å². The van der Waals surface area contributed by atoms with E-state index in [-0.39, 0.29) is 0 Å². The second-order valence-corrected chi connectivity index (χ2v) is 2.65. The molecule has 3 heteroatoms. The first-order valence-electron chi connectivity index (χ1n) is 3.98. The number of hydrogen-bond acceptors (Lipinski definition) is 2. The summed E-state index contributed by atoms with van der Waals surface area (Å²) in [6.45, 7) is 0. The highest BCUT2D eigenvalue weighted by Gasteiger charge is 2.06. The van der Waals surface area contributed by atoms with Gasteiger partial charge in [-0.2, -0.15) is 0 Å². The number of nitrogens with zero attached hydrogens (tertiary/aromatic N) is 2. The Morgan fingerprint density at radius 1 is 1.00 bits per heavy atom. The molecular formula is C10H8N2O. The van der Waals surface area contributed by atoms with Crippen LogP contribution in [0.15, 0.2) is 48.7 Å². The number of benzene rings is 1. The van der Waals surface area contributed by atoms with Crippen molar-refractivity contribution < 1.29 is 4.85 Å². The highest BCUT2D eigenvalue weighted by atomic mass is 16.5. The molecule has 3 nitrogen and oxygen atoms in total. The van der Waals surface area contributed by atoms with E-state index in [4.69, 9.17) is 0 Å². The molecule has 0 spiro atoms. The number of rotatable bonds is 1. The first-order chi connectivity index (χ1) is 6.38. The maximum atomic E-state index is 11.2. The highest BCUT2D eigenvalue weighted by Crippen LogP contribution is 2.12. The Morgan fingerprint density at radius 2 is 1.77 bits per heavy atom. The molecular weight excluding hydrogens is 164 g/mol. The van der Waals surface area contributed by atoms with Crippen LogP contribution in [0.3, 0.4) is 0 Å². The third-order valence-corrected chi connectivity index (χ3v) is 1.79. The van der Waals surface area contributed by atoms with Crippen LogP contribution < -0.4 is 4.85 Å². The summed E-state index contributed by atoms with van der Waals surface area (Å²) in [5.74, 6) is 0. The average Bonchev–Trinajstić information content (AvgIpc) is 2.20. The van der Waals surface area contributed by atoms with Gasteiger partial charge < -0.3 is 5.21 Å². The molecule has 0 bridgehead atoms. The fraction of sp³-hybridized carbons (Fsp3) is 0. The minimum absolute atomic E-state index is 0.572. The van der Waals surface area contributed by atoms with Crippen LogP contribution in [0.1, 0.15) is 0 Å². The van der Waals surface area contributed by atoms with Gasteiger partial charge in [0.25, 0.3) is 5.69 Å². The maximum Gasteiger partial charge on any atom is 0.252 e. The van der Waals surface area contributed by atoms with Crippen molar-refractivity contribution in [2.75, 3.05) is 0 Å². The smallest absolute Gasteiger partial charge is 0.252 e. The predicted octanol–water partition coefficient (Wildman–Crippen LogP) is 1.38. The Balaban J connectivity index is 2.54. The lowest BCUT2D eigenvalue weighted by Crippen LogP contribution is -2.32. The third kappa shape index (κ3) is 1.49. The van der Waals surface area contributed by atoms with Crippen LogP contribution in [0.25, 0.3) is 11.3 Å². The van der Waals surface area contributed by atoms with Gasteiger partial charge in [-0.1, -0.05) is 23.0 Å². The lowest BCUT2D eigenvalue weighted by molar-refractivity contribution is -0.658. The monoisotopic (exact) mass is 172 g/mol. The molecule has 13 heavy (non-hydrogen) atoms. The van der Waals surface area contributed by atoms with E-state index in [0.29, 0.717) is 10.5 Å². The SMILES string of the molecule is [O-][n+]1ncccc1-c1ccccc1. The minimum Gasteiger partial charge on any atom is -0.594 e. The summed E-state index contributed by atoms with van der Waals surface area (Å²) in [6.07, 6.45) is 1.47. The zero-order valence-electron chi connectivity index (χ0n) is 6.92. The number of hydrogen-bond donors (Lipinski definition) is 0. The van der Waals surface area contributed by atoms with Crippen molar-refractivity contribution in [3.8, 4) is 11.3 Å². The molecule has 0 aliphatic carbocycles. The highest BCUT2D eigenvalue weighted by molar-refractivity contribution is 5.55. The van der Waals surface area contributed by atoms with Gasteiger partial charge in [-0.3, -0.25) is 0 Å². The van der Waals surface area contributed by atoms with Crippen LogP contribution >= 0.6 is 0 Å². The van der Waals surface area contributed by atoms with Crippen molar-refractivity contribution in [1.29, 1.82) is 0 Å². The first-order valence-corrected chi connectivity index (χ1v) is 3.98. The first kappa shape index (κ1) is 7.73. The lowest BCUT2D eigenvalue weighted by atomic mass is 10.1. The second-order valence-electron chi connectivity index (χ2n) is 2.65. The fourth-order valence-corrected chi connectivity index (χ4v) is 1.17. The second kappa shape index (κ2) is 3.23. The standard InChI is InChI=1S/C10H8N2O/c13-12-10(7-4-8-11-12)9-5-2-1-3-6-9/h1-8H. The quantitative estimate of drug-likeness (QED) is 0.481. The third-order valence-electron chi connectivity index (χ3n) is 1.79. The number of aromatic nitrogens is 2. The van der Waals surface area contributed by atoms with E-state index >= 15 is 0 Å². The van der Waals surface area contributed by atoms with Gasteiger partial charge in [0.2, 0.25) is 0 Å². The molecule has 1 heterocycles. The van der Waals surface area contributed by atoms with Crippen molar-refractivity contribution in [1.82, 2.24) is 5.10 Å². The summed E-state index contributed by atoms with van der Waals surface area (Å²) in [7, 11) is 0. The molecule has 1 aromatic carbocycles. The van der Waals surface area contributed by atoms with Crippen LogP contribution in [0, 0.1) is 5.21 Å². The molecule has 0 saturated carbocycles. The molecule has 1 aromatic heterocycles. The molecule has 0 unspecified atom stereocenters. The van der Waals surface area contributed by atoms with Gasteiger partial charge in [-0.05, 0) is 18.2 Å². The van der Waals surface area contributed by atoms with Crippen molar-refractivity contribution >= 4 is 0 Å². The van der Waals surface area contributed by atoms with E-state index in [1.54, 1.807) is 12.1 Å². The van der Waals surface area contributed by atoms with Crippen molar-refractivity contribution in [2.24, 2.45) is 0 Å². The largest absolute Gasteiger partial charge is 0.594 e. The van der Waals surface area contributed by atoms with E-state index in [1.807, 2.05) is 30.3 Å². The van der Waals surface area contributed by atoms with E-state index in [1.165, 1.54) is 6.20 Å². The van der Waals surface area contributed by atoms with Gasteiger partial charge in [0.1, 0.15) is 0 Å². The van der Waals surface area contributed by atoms with Crippen molar-refractivity contribution in [3.05, 3.63) is 53.9 Å². The zero-order valence-corrected chi connectivity index (χ0v) is 6.92. The van der Waals surface area contributed by atoms with Gasteiger partial charge in [-0.15, -0.1) is 0 Å². The lowest BCUT2D eigenvalue weighted by Gasteiger charge is -1.99. The Kier molecular flexibility index (Phi) is 1.92. The molecule has 0 amide bonds. The summed E-state index contributed by atoms with van der Waals surface area (Å²) in [5, 5.41) is 14.8. The maximum absolute atomic E-state index is 11.2. The average molecular weight is 172 g/mol. The summed E-state index contributed by atoms with van der Waals surface area (Å²) in [5.41, 5.74) is 1.45. The van der Waals surface area contributed by atoms with E-state index in [2.05, 4.69) is 5.10 Å². The van der Waals surface area contributed by atoms with Gasteiger partial charge in [-0.25, -0.2) is 0 Å². The zero-order chi connectivity index (χ0) is 9.10.